The van der Waals surface area contributed by atoms with Crippen LogP contribution in [0, 0.1) is 0 Å². The third kappa shape index (κ3) is 2.64. The molecule has 0 aliphatic carbocycles. The predicted octanol–water partition coefficient (Wildman–Crippen LogP) is 1.47. The van der Waals surface area contributed by atoms with E-state index in [1.807, 2.05) is 18.5 Å². The van der Waals surface area contributed by atoms with E-state index in [1.54, 1.807) is 0 Å². The van der Waals surface area contributed by atoms with Gasteiger partial charge in [0.15, 0.2) is 0 Å². The van der Waals surface area contributed by atoms with Crippen molar-refractivity contribution in [1.29, 1.82) is 0 Å². The molecule has 1 aliphatic rings. The number of hydrogen-bond acceptors (Lipinski definition) is 4. The van der Waals surface area contributed by atoms with Crippen LogP contribution in [0.2, 0.25) is 0 Å². The van der Waals surface area contributed by atoms with Gasteiger partial charge in [0.1, 0.15) is 5.84 Å². The molecule has 2 rings (SSSR count). The zero-order valence-corrected chi connectivity index (χ0v) is 10.6. The molecule has 1 N–H and O–H groups in total. The molecule has 0 fully saturated rings. The van der Waals surface area contributed by atoms with E-state index < -0.39 is 0 Å². The summed E-state index contributed by atoms with van der Waals surface area (Å²) in [4.78, 5) is 11.2. The first-order chi connectivity index (χ1) is 8.36. The van der Waals surface area contributed by atoms with Crippen LogP contribution in [0.1, 0.15) is 25.5 Å². The van der Waals surface area contributed by atoms with E-state index in [0.29, 0.717) is 0 Å². The number of aromatic nitrogens is 1. The van der Waals surface area contributed by atoms with E-state index in [9.17, 15) is 0 Å². The molecular formula is C13H20N4. The fourth-order valence-electron chi connectivity index (χ4n) is 2.27. The Morgan fingerprint density at radius 3 is 2.76 bits per heavy atom. The molecule has 4 nitrogen and oxygen atoms in total. The molecular weight excluding hydrogens is 212 g/mol. The average Bonchev–Trinajstić information content (AvgIpc) is 2.90. The Morgan fingerprint density at radius 2 is 2.24 bits per heavy atom. The highest BCUT2D eigenvalue weighted by atomic mass is 15.2. The van der Waals surface area contributed by atoms with Crippen molar-refractivity contribution in [3.8, 4) is 0 Å². The van der Waals surface area contributed by atoms with Crippen molar-refractivity contribution in [2.45, 2.75) is 19.9 Å². The third-order valence-electron chi connectivity index (χ3n) is 3.14. The summed E-state index contributed by atoms with van der Waals surface area (Å²) in [5, 5.41) is 3.38. The molecule has 0 spiro atoms. The summed E-state index contributed by atoms with van der Waals surface area (Å²) in [5.74, 6) is 1.08. The zero-order valence-electron chi connectivity index (χ0n) is 10.6. The summed E-state index contributed by atoms with van der Waals surface area (Å²) >= 11 is 0. The molecule has 1 aliphatic heterocycles. The van der Waals surface area contributed by atoms with Crippen molar-refractivity contribution in [1.82, 2.24) is 15.2 Å². The van der Waals surface area contributed by atoms with Crippen molar-refractivity contribution in [2.75, 3.05) is 26.2 Å². The van der Waals surface area contributed by atoms with Gasteiger partial charge < -0.3 is 5.32 Å². The van der Waals surface area contributed by atoms with E-state index >= 15 is 0 Å². The van der Waals surface area contributed by atoms with E-state index in [4.69, 9.17) is 0 Å². The molecule has 1 aromatic rings. The van der Waals surface area contributed by atoms with Crippen molar-refractivity contribution in [3.63, 3.8) is 0 Å². The fraction of sp³-hybridized carbons (Fsp3) is 0.538. The number of rotatable bonds is 5. The number of amidine groups is 1. The molecule has 1 unspecified atom stereocenters. The molecule has 4 heteroatoms. The second kappa shape index (κ2) is 5.77. The first-order valence-corrected chi connectivity index (χ1v) is 6.29. The molecule has 2 heterocycles. The van der Waals surface area contributed by atoms with Gasteiger partial charge in [-0.2, -0.15) is 0 Å². The largest absolute Gasteiger partial charge is 0.370 e. The fourth-order valence-corrected chi connectivity index (χ4v) is 2.27. The van der Waals surface area contributed by atoms with Crippen LogP contribution in [0.5, 0.6) is 0 Å². The summed E-state index contributed by atoms with van der Waals surface area (Å²) in [5.41, 5.74) is 1.21. The van der Waals surface area contributed by atoms with E-state index in [-0.39, 0.29) is 6.04 Å². The highest BCUT2D eigenvalue weighted by Gasteiger charge is 2.25. The normalized spacial score (nSPS) is 16.8. The van der Waals surface area contributed by atoms with Crippen LogP contribution in [0.3, 0.4) is 0 Å². The number of likely N-dealkylation sites (N-methyl/N-ethyl adjacent to an activating group) is 1. The Morgan fingerprint density at radius 1 is 1.41 bits per heavy atom. The first-order valence-electron chi connectivity index (χ1n) is 6.29. The Balaban J connectivity index is 2.29. The Labute approximate surface area is 103 Å². The lowest BCUT2D eigenvalue weighted by Crippen LogP contribution is -2.38. The number of nitrogens with zero attached hydrogens (tertiary/aromatic N) is 3. The lowest BCUT2D eigenvalue weighted by molar-refractivity contribution is 0.268. The summed E-state index contributed by atoms with van der Waals surface area (Å²) in [6.07, 6.45) is 3.75. The maximum absolute atomic E-state index is 4.57. The van der Waals surface area contributed by atoms with Crippen LogP contribution in [-0.4, -0.2) is 41.9 Å². The van der Waals surface area contributed by atoms with E-state index in [0.717, 1.165) is 32.0 Å². The minimum Gasteiger partial charge on any atom is -0.370 e. The maximum atomic E-state index is 4.57. The van der Waals surface area contributed by atoms with Crippen LogP contribution in [0.15, 0.2) is 29.5 Å². The molecule has 1 aromatic heterocycles. The molecule has 0 saturated carbocycles. The average molecular weight is 232 g/mol. The molecule has 1 atom stereocenters. The monoisotopic (exact) mass is 232 g/mol. The van der Waals surface area contributed by atoms with Gasteiger partial charge in [-0.15, -0.1) is 0 Å². The summed E-state index contributed by atoms with van der Waals surface area (Å²) in [6.45, 7) is 8.22. The van der Waals surface area contributed by atoms with Gasteiger partial charge in [-0.05, 0) is 24.7 Å². The minimum absolute atomic E-state index is 0.223. The van der Waals surface area contributed by atoms with Crippen molar-refractivity contribution < 1.29 is 0 Å². The highest BCUT2D eigenvalue weighted by Crippen LogP contribution is 2.21. The second-order valence-corrected chi connectivity index (χ2v) is 4.10. The predicted molar refractivity (Wildman–Crippen MR) is 70.2 cm³/mol. The van der Waals surface area contributed by atoms with Gasteiger partial charge >= 0.3 is 0 Å². The standard InChI is InChI=1S/C13H20N4/c1-3-17(4-2)12(13-15-8-9-16-13)11-6-5-7-14-10-11/h5-7,10,12H,3-4,8-9H2,1-2H3,(H,15,16). The van der Waals surface area contributed by atoms with Crippen LogP contribution >= 0.6 is 0 Å². The van der Waals surface area contributed by atoms with Gasteiger partial charge in [0, 0.05) is 18.9 Å². The second-order valence-electron chi connectivity index (χ2n) is 4.10. The number of pyridine rings is 1. The Bertz CT molecular complexity index is 370. The van der Waals surface area contributed by atoms with E-state index in [2.05, 4.69) is 40.1 Å². The minimum atomic E-state index is 0.223. The molecule has 0 bridgehead atoms. The summed E-state index contributed by atoms with van der Waals surface area (Å²) in [7, 11) is 0. The molecule has 0 amide bonds. The molecule has 92 valence electrons. The lowest BCUT2D eigenvalue weighted by Gasteiger charge is -2.29. The van der Waals surface area contributed by atoms with Crippen molar-refractivity contribution in [3.05, 3.63) is 30.1 Å². The van der Waals surface area contributed by atoms with Gasteiger partial charge in [0.25, 0.3) is 0 Å². The first kappa shape index (κ1) is 12.0. The molecule has 0 radical (unpaired) electrons. The smallest absolute Gasteiger partial charge is 0.119 e. The lowest BCUT2D eigenvalue weighted by atomic mass is 10.1. The zero-order chi connectivity index (χ0) is 12.1. The third-order valence-corrected chi connectivity index (χ3v) is 3.14. The van der Waals surface area contributed by atoms with Gasteiger partial charge in [-0.1, -0.05) is 19.9 Å². The van der Waals surface area contributed by atoms with Crippen LogP contribution in [0.25, 0.3) is 0 Å². The highest BCUT2D eigenvalue weighted by molar-refractivity contribution is 5.89. The van der Waals surface area contributed by atoms with Gasteiger partial charge in [0.05, 0.1) is 12.6 Å². The van der Waals surface area contributed by atoms with Crippen molar-refractivity contribution in [2.24, 2.45) is 4.99 Å². The number of hydrogen-bond donors (Lipinski definition) is 1. The molecule has 17 heavy (non-hydrogen) atoms. The topological polar surface area (TPSA) is 40.5 Å². The maximum Gasteiger partial charge on any atom is 0.119 e. The number of nitrogens with one attached hydrogen (secondary N) is 1. The quantitative estimate of drug-likeness (QED) is 0.835. The SMILES string of the molecule is CCN(CC)C(C1=NCCN1)c1cccnc1. The van der Waals surface area contributed by atoms with Crippen LogP contribution < -0.4 is 5.32 Å². The van der Waals surface area contributed by atoms with Crippen molar-refractivity contribution >= 4 is 5.84 Å². The number of aliphatic imine (C=N–C) groups is 1. The van der Waals surface area contributed by atoms with Gasteiger partial charge in [0.2, 0.25) is 0 Å². The molecule has 0 saturated heterocycles. The Hall–Kier alpha value is -1.42. The van der Waals surface area contributed by atoms with Gasteiger partial charge in [-0.25, -0.2) is 0 Å². The summed E-state index contributed by atoms with van der Waals surface area (Å²) < 4.78 is 0. The van der Waals surface area contributed by atoms with Gasteiger partial charge in [-0.3, -0.25) is 14.9 Å². The Kier molecular flexibility index (Phi) is 4.09. The van der Waals surface area contributed by atoms with E-state index in [1.165, 1.54) is 5.56 Å². The van der Waals surface area contributed by atoms with Crippen LogP contribution in [-0.2, 0) is 0 Å². The molecule has 0 aromatic carbocycles. The summed E-state index contributed by atoms with van der Waals surface area (Å²) in [6, 6.07) is 4.33. The van der Waals surface area contributed by atoms with Crippen LogP contribution in [0.4, 0.5) is 0 Å².